The summed E-state index contributed by atoms with van der Waals surface area (Å²) >= 11 is 0. The Bertz CT molecular complexity index is 680. The minimum absolute atomic E-state index is 0.0891. The van der Waals surface area contributed by atoms with Gasteiger partial charge in [0.15, 0.2) is 0 Å². The average molecular weight is 311 g/mol. The summed E-state index contributed by atoms with van der Waals surface area (Å²) in [7, 11) is 1.61. The lowest BCUT2D eigenvalue weighted by Crippen LogP contribution is -2.26. The Hall–Kier alpha value is -3.02. The van der Waals surface area contributed by atoms with Crippen LogP contribution >= 0.6 is 0 Å². The van der Waals surface area contributed by atoms with Crippen molar-refractivity contribution in [3.63, 3.8) is 0 Å². The Kier molecular flexibility index (Phi) is 5.57. The minimum atomic E-state index is -0.0891. The molecule has 0 bridgehead atoms. The van der Waals surface area contributed by atoms with E-state index in [1.54, 1.807) is 7.11 Å². The van der Waals surface area contributed by atoms with E-state index in [-0.39, 0.29) is 18.0 Å². The maximum absolute atomic E-state index is 5.84. The second kappa shape index (κ2) is 7.84. The highest BCUT2D eigenvalue weighted by Gasteiger charge is 2.03. The van der Waals surface area contributed by atoms with Gasteiger partial charge in [-0.25, -0.2) is 4.99 Å². The third-order valence-corrected chi connectivity index (χ3v) is 3.21. The molecule has 0 saturated carbocycles. The number of nitrogens with one attached hydrogen (secondary N) is 1. The van der Waals surface area contributed by atoms with Gasteiger partial charge in [-0.05, 0) is 36.8 Å². The van der Waals surface area contributed by atoms with Gasteiger partial charge in [-0.15, -0.1) is 0 Å². The Balaban J connectivity index is 2.02. The first-order valence-electron chi connectivity index (χ1n) is 7.22. The largest absolute Gasteiger partial charge is 0.497 e. The van der Waals surface area contributed by atoms with E-state index >= 15 is 0 Å². The Labute approximate surface area is 135 Å². The first kappa shape index (κ1) is 16.4. The number of nitrogens with zero attached hydrogens (tertiary/aromatic N) is 2. The van der Waals surface area contributed by atoms with E-state index in [1.165, 1.54) is 0 Å². The normalized spacial score (nSPS) is 13.5. The molecule has 1 unspecified atom stereocenters. The van der Waals surface area contributed by atoms with Crippen LogP contribution < -0.4 is 21.5 Å². The molecule has 0 aromatic heterocycles. The third kappa shape index (κ3) is 5.03. The van der Waals surface area contributed by atoms with Crippen LogP contribution in [0.4, 0.5) is 5.69 Å². The molecule has 0 fully saturated rings. The second-order valence-corrected chi connectivity index (χ2v) is 4.92. The van der Waals surface area contributed by atoms with E-state index in [9.17, 15) is 0 Å². The van der Waals surface area contributed by atoms with Crippen LogP contribution in [0.2, 0.25) is 0 Å². The lowest BCUT2D eigenvalue weighted by molar-refractivity contribution is 0.415. The highest BCUT2D eigenvalue weighted by molar-refractivity contribution is 6.00. The number of benzene rings is 2. The standard InChI is InChI=1S/C17H21N5O/c1-12(13-6-4-3-5-7-13)20-16(18)22-17(19)21-14-8-10-15(23-2)11-9-14/h3-12H,1-2H3,(H5,18,19,20,21,22). The van der Waals surface area contributed by atoms with Gasteiger partial charge in [-0.1, -0.05) is 30.3 Å². The van der Waals surface area contributed by atoms with Crippen LogP contribution in [-0.2, 0) is 0 Å². The van der Waals surface area contributed by atoms with E-state index in [0.29, 0.717) is 0 Å². The predicted octanol–water partition coefficient (Wildman–Crippen LogP) is 2.50. The average Bonchev–Trinajstić information content (AvgIpc) is 2.56. The van der Waals surface area contributed by atoms with Crippen molar-refractivity contribution < 1.29 is 4.74 Å². The number of nitrogens with two attached hydrogens (primary N) is 2. The van der Waals surface area contributed by atoms with Crippen molar-refractivity contribution in [1.82, 2.24) is 0 Å². The molecule has 2 aromatic rings. The lowest BCUT2D eigenvalue weighted by atomic mass is 10.1. The smallest absolute Gasteiger partial charge is 0.219 e. The molecule has 0 spiro atoms. The number of anilines is 1. The number of methoxy groups -OCH3 is 1. The van der Waals surface area contributed by atoms with Crippen molar-refractivity contribution in [1.29, 1.82) is 0 Å². The zero-order chi connectivity index (χ0) is 16.7. The van der Waals surface area contributed by atoms with Crippen molar-refractivity contribution in [2.75, 3.05) is 12.4 Å². The van der Waals surface area contributed by atoms with Crippen molar-refractivity contribution in [2.45, 2.75) is 13.0 Å². The number of rotatable bonds is 4. The maximum Gasteiger partial charge on any atom is 0.219 e. The van der Waals surface area contributed by atoms with E-state index in [1.807, 2.05) is 61.5 Å². The summed E-state index contributed by atoms with van der Waals surface area (Å²) in [6, 6.07) is 17.1. The molecule has 5 N–H and O–H groups in total. The van der Waals surface area contributed by atoms with Gasteiger partial charge < -0.3 is 21.5 Å². The summed E-state index contributed by atoms with van der Waals surface area (Å²) in [5.41, 5.74) is 13.5. The van der Waals surface area contributed by atoms with Crippen LogP contribution in [0.5, 0.6) is 5.75 Å². The van der Waals surface area contributed by atoms with E-state index < -0.39 is 0 Å². The molecule has 0 aliphatic carbocycles. The van der Waals surface area contributed by atoms with Gasteiger partial charge in [0.25, 0.3) is 0 Å². The highest BCUT2D eigenvalue weighted by Crippen LogP contribution is 2.16. The van der Waals surface area contributed by atoms with Crippen molar-refractivity contribution in [2.24, 2.45) is 21.5 Å². The molecule has 120 valence electrons. The summed E-state index contributed by atoms with van der Waals surface area (Å²) < 4.78 is 5.10. The highest BCUT2D eigenvalue weighted by atomic mass is 16.5. The first-order valence-corrected chi connectivity index (χ1v) is 7.22. The SMILES string of the molecule is COc1ccc(N/C(N)=N/C(N)=NC(C)c2ccccc2)cc1. The maximum atomic E-state index is 5.84. The van der Waals surface area contributed by atoms with Crippen molar-refractivity contribution >= 4 is 17.6 Å². The Morgan fingerprint density at radius 2 is 1.70 bits per heavy atom. The van der Waals surface area contributed by atoms with Gasteiger partial charge in [-0.2, -0.15) is 4.99 Å². The summed E-state index contributed by atoms with van der Waals surface area (Å²) in [5.74, 6) is 1.07. The predicted molar refractivity (Wildman–Crippen MR) is 94.7 cm³/mol. The van der Waals surface area contributed by atoms with Crippen LogP contribution in [-0.4, -0.2) is 19.0 Å². The molecule has 6 nitrogen and oxygen atoms in total. The number of hydrogen-bond donors (Lipinski definition) is 3. The Morgan fingerprint density at radius 1 is 1.04 bits per heavy atom. The number of aliphatic imine (C=N–C) groups is 2. The summed E-state index contributed by atoms with van der Waals surface area (Å²) in [6.45, 7) is 1.95. The molecule has 23 heavy (non-hydrogen) atoms. The van der Waals surface area contributed by atoms with E-state index in [2.05, 4.69) is 15.3 Å². The van der Waals surface area contributed by atoms with Gasteiger partial charge in [0.2, 0.25) is 11.9 Å². The fourth-order valence-electron chi connectivity index (χ4n) is 2.01. The van der Waals surface area contributed by atoms with E-state index in [4.69, 9.17) is 16.2 Å². The molecule has 6 heteroatoms. The molecule has 0 aliphatic rings. The van der Waals surface area contributed by atoms with Crippen LogP contribution in [0.1, 0.15) is 18.5 Å². The van der Waals surface area contributed by atoms with Crippen LogP contribution in [0.15, 0.2) is 64.6 Å². The number of ether oxygens (including phenoxy) is 1. The molecule has 0 aliphatic heterocycles. The lowest BCUT2D eigenvalue weighted by Gasteiger charge is -2.08. The Morgan fingerprint density at radius 3 is 2.30 bits per heavy atom. The van der Waals surface area contributed by atoms with Crippen molar-refractivity contribution in [3.8, 4) is 5.75 Å². The quantitative estimate of drug-likeness (QED) is 0.597. The molecule has 0 amide bonds. The second-order valence-electron chi connectivity index (χ2n) is 4.92. The molecular formula is C17H21N5O. The van der Waals surface area contributed by atoms with Gasteiger partial charge in [-0.3, -0.25) is 0 Å². The molecule has 2 rings (SSSR count). The number of hydrogen-bond acceptors (Lipinski definition) is 2. The number of guanidine groups is 2. The fourth-order valence-corrected chi connectivity index (χ4v) is 2.01. The van der Waals surface area contributed by atoms with Gasteiger partial charge in [0, 0.05) is 5.69 Å². The molecule has 1 atom stereocenters. The zero-order valence-electron chi connectivity index (χ0n) is 13.2. The van der Waals surface area contributed by atoms with Gasteiger partial charge in [0.05, 0.1) is 13.2 Å². The zero-order valence-corrected chi connectivity index (χ0v) is 13.2. The molecular weight excluding hydrogens is 290 g/mol. The molecule has 2 aromatic carbocycles. The summed E-state index contributed by atoms with van der Waals surface area (Å²) in [4.78, 5) is 8.38. The minimum Gasteiger partial charge on any atom is -0.497 e. The van der Waals surface area contributed by atoms with Crippen LogP contribution in [0.25, 0.3) is 0 Å². The first-order chi connectivity index (χ1) is 11.1. The molecule has 0 heterocycles. The van der Waals surface area contributed by atoms with E-state index in [0.717, 1.165) is 17.0 Å². The van der Waals surface area contributed by atoms with Gasteiger partial charge >= 0.3 is 0 Å². The third-order valence-electron chi connectivity index (χ3n) is 3.21. The molecule has 0 saturated heterocycles. The van der Waals surface area contributed by atoms with Gasteiger partial charge in [0.1, 0.15) is 5.75 Å². The monoisotopic (exact) mass is 311 g/mol. The van der Waals surface area contributed by atoms with Crippen LogP contribution in [0, 0.1) is 0 Å². The summed E-state index contributed by atoms with van der Waals surface area (Å²) in [6.07, 6.45) is 0. The molecule has 0 radical (unpaired) electrons. The van der Waals surface area contributed by atoms with Crippen LogP contribution in [0.3, 0.4) is 0 Å². The van der Waals surface area contributed by atoms with Crippen molar-refractivity contribution in [3.05, 3.63) is 60.2 Å². The topological polar surface area (TPSA) is 98.0 Å². The fraction of sp³-hybridized carbons (Fsp3) is 0.176. The summed E-state index contributed by atoms with van der Waals surface area (Å²) in [5, 5.41) is 2.95.